The first-order valence-corrected chi connectivity index (χ1v) is 11.0. The predicted octanol–water partition coefficient (Wildman–Crippen LogP) is 6.00. The van der Waals surface area contributed by atoms with Crippen LogP contribution in [0.4, 0.5) is 21.0 Å². The number of nitrogens with one attached hydrogen (secondary N) is 4. The van der Waals surface area contributed by atoms with Crippen LogP contribution in [0, 0.1) is 0 Å². The van der Waals surface area contributed by atoms with E-state index in [0.717, 1.165) is 22.3 Å². The van der Waals surface area contributed by atoms with Crippen LogP contribution in [0.25, 0.3) is 11.1 Å². The monoisotopic (exact) mass is 450 g/mol. The van der Waals surface area contributed by atoms with Gasteiger partial charge in [-0.1, -0.05) is 84.9 Å². The lowest BCUT2D eigenvalue weighted by Gasteiger charge is -2.10. The minimum atomic E-state index is -0.252. The Morgan fingerprint density at radius 3 is 1.18 bits per heavy atom. The van der Waals surface area contributed by atoms with Crippen LogP contribution in [-0.4, -0.2) is 12.1 Å². The molecule has 6 nitrogen and oxygen atoms in total. The van der Waals surface area contributed by atoms with Gasteiger partial charge in [-0.15, -0.1) is 0 Å². The molecule has 0 aliphatic carbocycles. The van der Waals surface area contributed by atoms with Crippen molar-refractivity contribution >= 4 is 23.4 Å². The molecule has 0 radical (unpaired) electrons. The quantitative estimate of drug-likeness (QED) is 0.279. The van der Waals surface area contributed by atoms with Gasteiger partial charge in [-0.25, -0.2) is 9.59 Å². The summed E-state index contributed by atoms with van der Waals surface area (Å²) in [7, 11) is 0. The molecule has 4 aromatic carbocycles. The summed E-state index contributed by atoms with van der Waals surface area (Å²) in [6.07, 6.45) is 0. The maximum Gasteiger partial charge on any atom is 0.319 e. The highest BCUT2D eigenvalue weighted by Gasteiger charge is 2.05. The van der Waals surface area contributed by atoms with Crippen molar-refractivity contribution in [2.24, 2.45) is 0 Å². The maximum atomic E-state index is 12.1. The predicted molar refractivity (Wildman–Crippen MR) is 136 cm³/mol. The fourth-order valence-electron chi connectivity index (χ4n) is 3.40. The average molecular weight is 451 g/mol. The van der Waals surface area contributed by atoms with Gasteiger partial charge < -0.3 is 21.3 Å². The van der Waals surface area contributed by atoms with Crippen molar-refractivity contribution in [1.29, 1.82) is 0 Å². The molecule has 0 heterocycles. The third kappa shape index (κ3) is 6.71. The van der Waals surface area contributed by atoms with Gasteiger partial charge in [-0.2, -0.15) is 0 Å². The second-order valence-corrected chi connectivity index (χ2v) is 7.74. The van der Waals surface area contributed by atoms with E-state index in [2.05, 4.69) is 21.3 Å². The SMILES string of the molecule is O=C(NCc1ccccc1)Nc1ccc(-c2ccc(NC(=O)NCc3ccccc3)cc2)cc1. The number of anilines is 2. The zero-order valence-corrected chi connectivity index (χ0v) is 18.6. The normalized spacial score (nSPS) is 10.2. The third-order valence-electron chi connectivity index (χ3n) is 5.21. The Bertz CT molecular complexity index is 1110. The third-order valence-corrected chi connectivity index (χ3v) is 5.21. The first kappa shape index (κ1) is 22.6. The molecule has 6 heteroatoms. The van der Waals surface area contributed by atoms with Crippen LogP contribution in [0.2, 0.25) is 0 Å². The molecule has 0 saturated heterocycles. The van der Waals surface area contributed by atoms with E-state index < -0.39 is 0 Å². The zero-order valence-electron chi connectivity index (χ0n) is 18.6. The molecule has 0 spiro atoms. The van der Waals surface area contributed by atoms with Gasteiger partial charge in [0.25, 0.3) is 0 Å². The molecule has 4 amide bonds. The summed E-state index contributed by atoms with van der Waals surface area (Å²) in [5, 5.41) is 11.4. The van der Waals surface area contributed by atoms with E-state index in [1.165, 1.54) is 0 Å². The number of rotatable bonds is 7. The molecule has 0 aliphatic heterocycles. The summed E-state index contributed by atoms with van der Waals surface area (Å²) in [4.78, 5) is 24.3. The minimum Gasteiger partial charge on any atom is -0.334 e. The molecule has 4 rings (SSSR count). The van der Waals surface area contributed by atoms with Crippen molar-refractivity contribution in [3.63, 3.8) is 0 Å². The van der Waals surface area contributed by atoms with Crippen molar-refractivity contribution < 1.29 is 9.59 Å². The van der Waals surface area contributed by atoms with Gasteiger partial charge in [0.2, 0.25) is 0 Å². The van der Waals surface area contributed by atoms with Crippen LogP contribution >= 0.6 is 0 Å². The molecule has 0 fully saturated rings. The molecule has 0 saturated carbocycles. The summed E-state index contributed by atoms with van der Waals surface area (Å²) in [6.45, 7) is 0.935. The Labute approximate surface area is 199 Å². The first-order chi connectivity index (χ1) is 16.7. The molecule has 0 aliphatic rings. The second kappa shape index (κ2) is 11.3. The largest absolute Gasteiger partial charge is 0.334 e. The standard InChI is InChI=1S/C28H26N4O2/c33-27(29-19-21-7-3-1-4-8-21)31-25-15-11-23(12-16-25)24-13-17-26(18-14-24)32-28(34)30-20-22-9-5-2-6-10-22/h1-18H,19-20H2,(H2,29,31,33)(H2,30,32,34). The highest BCUT2D eigenvalue weighted by atomic mass is 16.2. The molecule has 0 aromatic heterocycles. The number of hydrogen-bond donors (Lipinski definition) is 4. The zero-order chi connectivity index (χ0) is 23.6. The van der Waals surface area contributed by atoms with E-state index in [4.69, 9.17) is 0 Å². The number of urea groups is 2. The fraction of sp³-hybridized carbons (Fsp3) is 0.0714. The molecule has 0 bridgehead atoms. The summed E-state index contributed by atoms with van der Waals surface area (Å²) in [5.74, 6) is 0. The number of carbonyl (C=O) groups is 2. The Kier molecular flexibility index (Phi) is 7.54. The van der Waals surface area contributed by atoms with Gasteiger partial charge in [0.15, 0.2) is 0 Å². The van der Waals surface area contributed by atoms with E-state index in [1.807, 2.05) is 109 Å². The maximum absolute atomic E-state index is 12.1. The molecule has 34 heavy (non-hydrogen) atoms. The average Bonchev–Trinajstić information content (AvgIpc) is 2.88. The Morgan fingerprint density at radius 2 is 0.824 bits per heavy atom. The Hall–Kier alpha value is -4.58. The fourth-order valence-corrected chi connectivity index (χ4v) is 3.40. The number of amides is 4. The van der Waals surface area contributed by atoms with Crippen LogP contribution in [0.15, 0.2) is 109 Å². The minimum absolute atomic E-state index is 0.252. The van der Waals surface area contributed by atoms with Gasteiger partial charge in [-0.05, 0) is 46.5 Å². The van der Waals surface area contributed by atoms with Crippen molar-refractivity contribution in [2.45, 2.75) is 13.1 Å². The number of benzene rings is 4. The molecule has 170 valence electrons. The smallest absolute Gasteiger partial charge is 0.319 e. The van der Waals surface area contributed by atoms with Gasteiger partial charge in [0, 0.05) is 24.5 Å². The second-order valence-electron chi connectivity index (χ2n) is 7.74. The lowest BCUT2D eigenvalue weighted by Crippen LogP contribution is -2.28. The van der Waals surface area contributed by atoms with Gasteiger partial charge in [0.1, 0.15) is 0 Å². The summed E-state index contributed by atoms with van der Waals surface area (Å²) in [6, 6.07) is 34.2. The van der Waals surface area contributed by atoms with Crippen molar-refractivity contribution in [3.05, 3.63) is 120 Å². The van der Waals surface area contributed by atoms with E-state index in [1.54, 1.807) is 0 Å². The number of hydrogen-bond acceptors (Lipinski definition) is 2. The lowest BCUT2D eigenvalue weighted by molar-refractivity contribution is 0.251. The summed E-state index contributed by atoms with van der Waals surface area (Å²) >= 11 is 0. The van der Waals surface area contributed by atoms with E-state index >= 15 is 0 Å². The molecule has 4 N–H and O–H groups in total. The highest BCUT2D eigenvalue weighted by molar-refractivity contribution is 5.90. The van der Waals surface area contributed by atoms with Crippen LogP contribution in [0.3, 0.4) is 0 Å². The van der Waals surface area contributed by atoms with E-state index in [0.29, 0.717) is 24.5 Å². The Balaban J connectivity index is 1.26. The lowest BCUT2D eigenvalue weighted by atomic mass is 10.1. The summed E-state index contributed by atoms with van der Waals surface area (Å²) in [5.41, 5.74) is 5.52. The van der Waals surface area contributed by atoms with Gasteiger partial charge in [0.05, 0.1) is 0 Å². The van der Waals surface area contributed by atoms with Crippen LogP contribution in [-0.2, 0) is 13.1 Å². The number of carbonyl (C=O) groups excluding carboxylic acids is 2. The van der Waals surface area contributed by atoms with Gasteiger partial charge >= 0.3 is 12.1 Å². The highest BCUT2D eigenvalue weighted by Crippen LogP contribution is 2.23. The molecule has 4 aromatic rings. The molecular weight excluding hydrogens is 424 g/mol. The molecular formula is C28H26N4O2. The van der Waals surface area contributed by atoms with E-state index in [-0.39, 0.29) is 12.1 Å². The Morgan fingerprint density at radius 1 is 0.471 bits per heavy atom. The van der Waals surface area contributed by atoms with Crippen LogP contribution < -0.4 is 21.3 Å². The van der Waals surface area contributed by atoms with Crippen molar-refractivity contribution in [3.8, 4) is 11.1 Å². The van der Waals surface area contributed by atoms with E-state index in [9.17, 15) is 9.59 Å². The van der Waals surface area contributed by atoms with Crippen molar-refractivity contribution in [1.82, 2.24) is 10.6 Å². The summed E-state index contributed by atoms with van der Waals surface area (Å²) < 4.78 is 0. The van der Waals surface area contributed by atoms with Gasteiger partial charge in [-0.3, -0.25) is 0 Å². The van der Waals surface area contributed by atoms with Crippen LogP contribution in [0.1, 0.15) is 11.1 Å². The van der Waals surface area contributed by atoms with Crippen molar-refractivity contribution in [2.75, 3.05) is 10.6 Å². The molecule has 0 unspecified atom stereocenters. The van der Waals surface area contributed by atoms with Crippen LogP contribution in [0.5, 0.6) is 0 Å². The first-order valence-electron chi connectivity index (χ1n) is 11.0. The molecule has 0 atom stereocenters. The topological polar surface area (TPSA) is 82.3 Å².